The Balaban J connectivity index is 2.30. The van der Waals surface area contributed by atoms with Gasteiger partial charge in [-0.15, -0.1) is 0 Å². The van der Waals surface area contributed by atoms with Crippen molar-refractivity contribution in [2.45, 2.75) is 27.2 Å². The lowest BCUT2D eigenvalue weighted by molar-refractivity contribution is 0.355. The summed E-state index contributed by atoms with van der Waals surface area (Å²) in [5.74, 6) is 1.53. The van der Waals surface area contributed by atoms with Crippen molar-refractivity contribution >= 4 is 17.5 Å². The van der Waals surface area contributed by atoms with E-state index in [-0.39, 0.29) is 11.1 Å². The first kappa shape index (κ1) is 17.7. The van der Waals surface area contributed by atoms with Gasteiger partial charge in [0.1, 0.15) is 29.2 Å². The molecule has 26 heavy (non-hydrogen) atoms. The van der Waals surface area contributed by atoms with Crippen molar-refractivity contribution in [3.8, 4) is 12.1 Å². The lowest BCUT2D eigenvalue weighted by Gasteiger charge is -2.36. The highest BCUT2D eigenvalue weighted by molar-refractivity contribution is 5.72. The van der Waals surface area contributed by atoms with Crippen LogP contribution in [0.3, 0.4) is 0 Å². The van der Waals surface area contributed by atoms with Crippen LogP contribution in [0.4, 0.5) is 5.82 Å². The highest BCUT2D eigenvalue weighted by Crippen LogP contribution is 2.28. The molecule has 1 aliphatic heterocycles. The number of allylic oxidation sites excluding steroid dienone is 1. The van der Waals surface area contributed by atoms with Gasteiger partial charge in [0, 0.05) is 19.3 Å². The van der Waals surface area contributed by atoms with Crippen LogP contribution in [0.15, 0.2) is 28.7 Å². The molecule has 1 aliphatic rings. The highest BCUT2D eigenvalue weighted by atomic mass is 16.1. The molecule has 0 radical (unpaired) electrons. The monoisotopic (exact) mass is 347 g/mol. The average Bonchev–Trinajstić information content (AvgIpc) is 2.60. The molecule has 0 unspecified atom stereocenters. The Labute approximate surface area is 152 Å². The smallest absolute Gasteiger partial charge is 0.267 e. The van der Waals surface area contributed by atoms with E-state index in [0.29, 0.717) is 28.9 Å². The number of rotatable bonds is 2. The number of anilines is 1. The molecule has 6 heteroatoms. The van der Waals surface area contributed by atoms with Crippen LogP contribution < -0.4 is 10.5 Å². The maximum absolute atomic E-state index is 13.1. The topological polar surface area (TPSA) is 85.2 Å². The van der Waals surface area contributed by atoms with Gasteiger partial charge in [0.15, 0.2) is 0 Å². The Morgan fingerprint density at radius 3 is 2.54 bits per heavy atom. The summed E-state index contributed by atoms with van der Waals surface area (Å²) in [5, 5.41) is 18.3. The van der Waals surface area contributed by atoms with E-state index >= 15 is 0 Å². The summed E-state index contributed by atoms with van der Waals surface area (Å²) in [4.78, 5) is 20.0. The van der Waals surface area contributed by atoms with Gasteiger partial charge in [-0.2, -0.15) is 10.5 Å². The number of aromatic nitrogens is 2. The fourth-order valence-corrected chi connectivity index (χ4v) is 3.74. The van der Waals surface area contributed by atoms with Gasteiger partial charge in [0.05, 0.1) is 5.56 Å². The van der Waals surface area contributed by atoms with Gasteiger partial charge in [0.2, 0.25) is 0 Å². The first-order chi connectivity index (χ1) is 12.4. The Bertz CT molecular complexity index is 995. The molecule has 0 amide bonds. The summed E-state index contributed by atoms with van der Waals surface area (Å²) in [6, 6.07) is 7.39. The van der Waals surface area contributed by atoms with Gasteiger partial charge in [-0.25, -0.2) is 4.98 Å². The summed E-state index contributed by atoms with van der Waals surface area (Å²) in [7, 11) is 0. The first-order valence-electron chi connectivity index (χ1n) is 8.73. The second-order valence-electron chi connectivity index (χ2n) is 7.17. The lowest BCUT2D eigenvalue weighted by Crippen LogP contribution is -2.40. The van der Waals surface area contributed by atoms with E-state index in [1.54, 1.807) is 12.3 Å². The Hall–Kier alpha value is -3.12. The zero-order chi connectivity index (χ0) is 18.8. The molecule has 1 fully saturated rings. The molecule has 2 aromatic heterocycles. The number of nitrogens with zero attached hydrogens (tertiary/aromatic N) is 5. The standard InChI is InChI=1S/C20H21N5O/c1-13-7-14(2)12-24(11-13)19-17(8-16(9-21)10-22)20(26)25-6-4-5-15(3)18(25)23-19/h4-6,8,13-14H,7,11-12H2,1-3H3/t13-,14-/m1/s1. The van der Waals surface area contributed by atoms with Crippen molar-refractivity contribution in [1.82, 2.24) is 9.38 Å². The minimum absolute atomic E-state index is 0.101. The van der Waals surface area contributed by atoms with Crippen molar-refractivity contribution < 1.29 is 0 Å². The molecule has 2 atom stereocenters. The molecule has 0 bridgehead atoms. The molecular formula is C20H21N5O. The van der Waals surface area contributed by atoms with Crippen molar-refractivity contribution in [2.75, 3.05) is 18.0 Å². The lowest BCUT2D eigenvalue weighted by atomic mass is 9.91. The number of piperidine rings is 1. The first-order valence-corrected chi connectivity index (χ1v) is 8.73. The van der Waals surface area contributed by atoms with Gasteiger partial charge < -0.3 is 4.90 Å². The minimum atomic E-state index is -0.262. The number of pyridine rings is 1. The molecule has 0 N–H and O–H groups in total. The van der Waals surface area contributed by atoms with Crippen molar-refractivity contribution in [2.24, 2.45) is 11.8 Å². The van der Waals surface area contributed by atoms with E-state index in [4.69, 9.17) is 15.5 Å². The molecule has 0 aromatic carbocycles. The van der Waals surface area contributed by atoms with Crippen LogP contribution in [-0.4, -0.2) is 22.5 Å². The molecule has 0 saturated carbocycles. The summed E-state index contributed by atoms with van der Waals surface area (Å²) >= 11 is 0. The number of hydrogen-bond donors (Lipinski definition) is 0. The normalized spacial score (nSPS) is 19.7. The van der Waals surface area contributed by atoms with Gasteiger partial charge in [0.25, 0.3) is 5.56 Å². The zero-order valence-corrected chi connectivity index (χ0v) is 15.2. The number of nitriles is 2. The molecule has 6 nitrogen and oxygen atoms in total. The second kappa shape index (κ2) is 7.01. The van der Waals surface area contributed by atoms with Crippen LogP contribution in [0.2, 0.25) is 0 Å². The molecule has 1 saturated heterocycles. The van der Waals surface area contributed by atoms with Gasteiger partial charge in [-0.1, -0.05) is 19.9 Å². The molecule has 3 rings (SSSR count). The van der Waals surface area contributed by atoms with Gasteiger partial charge in [-0.05, 0) is 42.9 Å². The fourth-order valence-electron chi connectivity index (χ4n) is 3.74. The third-order valence-corrected chi connectivity index (χ3v) is 4.76. The SMILES string of the molecule is Cc1cccn2c(=O)c(C=C(C#N)C#N)c(N3C[C@H](C)C[C@@H](C)C3)nc12. The molecule has 2 aromatic rings. The van der Waals surface area contributed by atoms with E-state index < -0.39 is 0 Å². The molecule has 0 aliphatic carbocycles. The Kier molecular flexibility index (Phi) is 4.77. The van der Waals surface area contributed by atoms with E-state index in [9.17, 15) is 4.79 Å². The van der Waals surface area contributed by atoms with E-state index in [1.165, 1.54) is 10.5 Å². The van der Waals surface area contributed by atoms with Gasteiger partial charge >= 0.3 is 0 Å². The second-order valence-corrected chi connectivity index (χ2v) is 7.17. The molecular weight excluding hydrogens is 326 g/mol. The number of hydrogen-bond acceptors (Lipinski definition) is 5. The minimum Gasteiger partial charge on any atom is -0.355 e. The van der Waals surface area contributed by atoms with Crippen LogP contribution in [-0.2, 0) is 0 Å². The van der Waals surface area contributed by atoms with Crippen LogP contribution in [0, 0.1) is 41.4 Å². The Morgan fingerprint density at radius 2 is 1.92 bits per heavy atom. The maximum Gasteiger partial charge on any atom is 0.267 e. The van der Waals surface area contributed by atoms with E-state index in [1.807, 2.05) is 25.1 Å². The molecule has 0 spiro atoms. The van der Waals surface area contributed by atoms with Crippen LogP contribution in [0.25, 0.3) is 11.7 Å². The number of aryl methyl sites for hydroxylation is 1. The van der Waals surface area contributed by atoms with Gasteiger partial charge in [-0.3, -0.25) is 9.20 Å². The van der Waals surface area contributed by atoms with E-state index in [2.05, 4.69) is 18.7 Å². The fraction of sp³-hybridized carbons (Fsp3) is 0.400. The third kappa shape index (κ3) is 3.19. The summed E-state index contributed by atoms with van der Waals surface area (Å²) < 4.78 is 1.48. The zero-order valence-electron chi connectivity index (χ0n) is 15.2. The summed E-state index contributed by atoms with van der Waals surface area (Å²) in [6.45, 7) is 7.89. The van der Waals surface area contributed by atoms with Crippen molar-refractivity contribution in [3.05, 3.63) is 45.4 Å². The number of fused-ring (bicyclic) bond motifs is 1. The highest BCUT2D eigenvalue weighted by Gasteiger charge is 2.26. The van der Waals surface area contributed by atoms with Crippen LogP contribution in [0.1, 0.15) is 31.4 Å². The average molecular weight is 347 g/mol. The van der Waals surface area contributed by atoms with E-state index in [0.717, 1.165) is 25.1 Å². The quantitative estimate of drug-likeness (QED) is 0.780. The summed E-state index contributed by atoms with van der Waals surface area (Å²) in [6.07, 6.45) is 4.16. The van der Waals surface area contributed by atoms with Crippen molar-refractivity contribution in [1.29, 1.82) is 10.5 Å². The maximum atomic E-state index is 13.1. The molecule has 132 valence electrons. The van der Waals surface area contributed by atoms with Crippen LogP contribution >= 0.6 is 0 Å². The summed E-state index contributed by atoms with van der Waals surface area (Å²) in [5.41, 5.74) is 1.44. The predicted molar refractivity (Wildman–Crippen MR) is 101 cm³/mol. The predicted octanol–water partition coefficient (Wildman–Crippen LogP) is 2.92. The largest absolute Gasteiger partial charge is 0.355 e. The Morgan fingerprint density at radius 1 is 1.27 bits per heavy atom. The molecule has 3 heterocycles. The van der Waals surface area contributed by atoms with Crippen molar-refractivity contribution in [3.63, 3.8) is 0 Å². The van der Waals surface area contributed by atoms with Crippen LogP contribution in [0.5, 0.6) is 0 Å². The third-order valence-electron chi connectivity index (χ3n) is 4.76.